The Morgan fingerprint density at radius 1 is 1.08 bits per heavy atom. The quantitative estimate of drug-likeness (QED) is 0.746. The maximum atomic E-state index is 12.8. The second-order valence-electron chi connectivity index (χ2n) is 5.23. The highest BCUT2D eigenvalue weighted by atomic mass is 19.4. The number of aliphatic hydroxyl groups is 1. The van der Waals surface area contributed by atoms with Crippen molar-refractivity contribution in [2.24, 2.45) is 0 Å². The Kier molecular flexibility index (Phi) is 4.34. The average molecular weight is 337 g/mol. The van der Waals surface area contributed by atoms with Crippen LogP contribution in [-0.4, -0.2) is 37.6 Å². The van der Waals surface area contributed by atoms with Gasteiger partial charge in [0.1, 0.15) is 5.82 Å². The topological polar surface area (TPSA) is 75.3 Å². The first-order chi connectivity index (χ1) is 11.4. The minimum atomic E-state index is -4.64. The molecule has 0 bridgehead atoms. The number of nitrogens with zero attached hydrogens (tertiary/aromatic N) is 4. The van der Waals surface area contributed by atoms with E-state index in [0.29, 0.717) is 10.9 Å². The van der Waals surface area contributed by atoms with E-state index in [-0.39, 0.29) is 18.0 Å². The molecule has 0 fully saturated rings. The van der Waals surface area contributed by atoms with Gasteiger partial charge in [-0.05, 0) is 17.7 Å². The second-order valence-corrected chi connectivity index (χ2v) is 5.23. The molecule has 0 aliphatic rings. The van der Waals surface area contributed by atoms with Crippen molar-refractivity contribution in [3.05, 3.63) is 53.9 Å². The van der Waals surface area contributed by atoms with Gasteiger partial charge in [-0.15, -0.1) is 15.3 Å². The Labute approximate surface area is 135 Å². The third-order valence-corrected chi connectivity index (χ3v) is 3.35. The average Bonchev–Trinajstić information content (AvgIpc) is 2.97. The number of halogens is 3. The summed E-state index contributed by atoms with van der Waals surface area (Å²) in [6, 6.07) is 12.3. The number of alkyl halides is 3. The van der Waals surface area contributed by atoms with Gasteiger partial charge in [-0.1, -0.05) is 30.3 Å². The van der Waals surface area contributed by atoms with E-state index >= 15 is 0 Å². The molecule has 0 aliphatic heterocycles. The zero-order valence-electron chi connectivity index (χ0n) is 12.4. The summed E-state index contributed by atoms with van der Waals surface area (Å²) in [5.74, 6) is -0.995. The van der Waals surface area contributed by atoms with Crippen molar-refractivity contribution in [2.75, 3.05) is 11.9 Å². The molecule has 0 saturated heterocycles. The van der Waals surface area contributed by atoms with Gasteiger partial charge in [-0.25, -0.2) is 0 Å². The monoisotopic (exact) mass is 337 g/mol. The fourth-order valence-corrected chi connectivity index (χ4v) is 2.24. The Balaban J connectivity index is 1.69. The van der Waals surface area contributed by atoms with Crippen molar-refractivity contribution in [3.8, 4) is 0 Å². The zero-order chi connectivity index (χ0) is 17.2. The molecule has 0 aliphatic carbocycles. The molecular weight excluding hydrogens is 323 g/mol. The molecule has 3 rings (SSSR count). The maximum absolute atomic E-state index is 12.8. The molecule has 1 unspecified atom stereocenters. The van der Waals surface area contributed by atoms with Crippen molar-refractivity contribution < 1.29 is 18.3 Å². The fraction of sp³-hybridized carbons (Fsp3) is 0.267. The summed E-state index contributed by atoms with van der Waals surface area (Å²) in [4.78, 5) is 0. The van der Waals surface area contributed by atoms with Gasteiger partial charge >= 0.3 is 6.18 Å². The molecule has 126 valence electrons. The van der Waals surface area contributed by atoms with E-state index in [1.54, 1.807) is 0 Å². The van der Waals surface area contributed by atoms with E-state index in [1.807, 2.05) is 30.3 Å². The molecule has 24 heavy (non-hydrogen) atoms. The van der Waals surface area contributed by atoms with Crippen LogP contribution in [0.25, 0.3) is 5.65 Å². The summed E-state index contributed by atoms with van der Waals surface area (Å²) >= 11 is 0. The summed E-state index contributed by atoms with van der Waals surface area (Å²) in [6.45, 7) is 0.150. The lowest BCUT2D eigenvalue weighted by Crippen LogP contribution is -2.23. The Morgan fingerprint density at radius 3 is 2.54 bits per heavy atom. The van der Waals surface area contributed by atoms with Crippen LogP contribution in [0, 0.1) is 0 Å². The van der Waals surface area contributed by atoms with Crippen molar-refractivity contribution in [3.63, 3.8) is 0 Å². The van der Waals surface area contributed by atoms with E-state index < -0.39 is 18.1 Å². The highest BCUT2D eigenvalue weighted by Gasteiger charge is 2.37. The number of aromatic nitrogens is 4. The van der Waals surface area contributed by atoms with Gasteiger partial charge in [0.15, 0.2) is 5.65 Å². The number of hydrogen-bond donors (Lipinski definition) is 2. The van der Waals surface area contributed by atoms with Crippen LogP contribution >= 0.6 is 0 Å². The summed E-state index contributed by atoms with van der Waals surface area (Å²) in [7, 11) is 0. The largest absolute Gasteiger partial charge is 0.453 e. The van der Waals surface area contributed by atoms with Crippen LogP contribution in [0.4, 0.5) is 19.0 Å². The number of aliphatic hydroxyl groups excluding tert-OH is 1. The second kappa shape index (κ2) is 6.44. The smallest absolute Gasteiger partial charge is 0.391 e. The van der Waals surface area contributed by atoms with E-state index in [4.69, 9.17) is 0 Å². The lowest BCUT2D eigenvalue weighted by Gasteiger charge is -2.12. The van der Waals surface area contributed by atoms with Gasteiger partial charge < -0.3 is 10.4 Å². The van der Waals surface area contributed by atoms with Crippen molar-refractivity contribution in [1.29, 1.82) is 0 Å². The summed E-state index contributed by atoms with van der Waals surface area (Å²) in [5.41, 5.74) is 0.964. The van der Waals surface area contributed by atoms with Crippen molar-refractivity contribution in [2.45, 2.75) is 18.7 Å². The van der Waals surface area contributed by atoms with E-state index in [9.17, 15) is 18.3 Å². The van der Waals surface area contributed by atoms with Crippen molar-refractivity contribution in [1.82, 2.24) is 19.8 Å². The van der Waals surface area contributed by atoms with Gasteiger partial charge in [0.2, 0.25) is 0 Å². The lowest BCUT2D eigenvalue weighted by atomic mass is 10.1. The molecule has 0 amide bonds. The molecule has 3 aromatic rings. The number of nitrogens with one attached hydrogen (secondary N) is 1. The number of anilines is 1. The van der Waals surface area contributed by atoms with Crippen molar-refractivity contribution >= 4 is 11.5 Å². The Bertz CT molecular complexity index is 819. The first-order valence-electron chi connectivity index (χ1n) is 7.19. The standard InChI is InChI=1S/C15H14F3N5O/c16-15(17,18)14-21-20-13-7-6-12(22-23(13)14)19-9-11(24)8-10-4-2-1-3-5-10/h1-7,11,24H,8-9H2,(H,19,22). The molecule has 2 aromatic heterocycles. The predicted molar refractivity (Wildman–Crippen MR) is 80.4 cm³/mol. The van der Waals surface area contributed by atoms with Crippen LogP contribution in [-0.2, 0) is 12.6 Å². The van der Waals surface area contributed by atoms with Gasteiger partial charge in [0.05, 0.1) is 6.10 Å². The predicted octanol–water partition coefficient (Wildman–Crippen LogP) is 2.16. The van der Waals surface area contributed by atoms with Crippen LogP contribution in [0.2, 0.25) is 0 Å². The summed E-state index contributed by atoms with van der Waals surface area (Å²) in [6.07, 6.45) is -4.91. The molecule has 2 heterocycles. The van der Waals surface area contributed by atoms with E-state index in [1.165, 1.54) is 12.1 Å². The molecule has 6 nitrogen and oxygen atoms in total. The molecule has 2 N–H and O–H groups in total. The van der Waals surface area contributed by atoms with Crippen LogP contribution in [0.3, 0.4) is 0 Å². The molecule has 9 heteroatoms. The molecular formula is C15H14F3N5O. The van der Waals surface area contributed by atoms with E-state index in [2.05, 4.69) is 20.6 Å². The summed E-state index contributed by atoms with van der Waals surface area (Å²) < 4.78 is 39.1. The van der Waals surface area contributed by atoms with Gasteiger partial charge in [0.25, 0.3) is 5.82 Å². The van der Waals surface area contributed by atoms with E-state index in [0.717, 1.165) is 5.56 Å². The number of rotatable bonds is 5. The third kappa shape index (κ3) is 3.62. The van der Waals surface area contributed by atoms with Crippen LogP contribution in [0.15, 0.2) is 42.5 Å². The number of benzene rings is 1. The van der Waals surface area contributed by atoms with Gasteiger partial charge in [0, 0.05) is 13.0 Å². The molecule has 0 saturated carbocycles. The Morgan fingerprint density at radius 2 is 1.83 bits per heavy atom. The lowest BCUT2D eigenvalue weighted by molar-refractivity contribution is -0.146. The molecule has 1 atom stereocenters. The molecule has 0 radical (unpaired) electrons. The molecule has 0 spiro atoms. The third-order valence-electron chi connectivity index (χ3n) is 3.35. The van der Waals surface area contributed by atoms with Gasteiger partial charge in [-0.3, -0.25) is 0 Å². The van der Waals surface area contributed by atoms with Crippen LogP contribution in [0.1, 0.15) is 11.4 Å². The number of fused-ring (bicyclic) bond motifs is 1. The minimum absolute atomic E-state index is 0.00212. The first-order valence-corrected chi connectivity index (χ1v) is 7.19. The normalized spacial score (nSPS) is 13.2. The first kappa shape index (κ1) is 16.2. The number of hydrogen-bond acceptors (Lipinski definition) is 5. The fourth-order valence-electron chi connectivity index (χ4n) is 2.24. The maximum Gasteiger partial charge on any atom is 0.453 e. The highest BCUT2D eigenvalue weighted by molar-refractivity contribution is 5.44. The zero-order valence-corrected chi connectivity index (χ0v) is 12.4. The van der Waals surface area contributed by atoms with Crippen LogP contribution < -0.4 is 5.32 Å². The minimum Gasteiger partial charge on any atom is -0.391 e. The SMILES string of the molecule is OC(CNc1ccc2nnc(C(F)(F)F)n2n1)Cc1ccccc1. The Hall–Kier alpha value is -2.68. The van der Waals surface area contributed by atoms with Crippen LogP contribution in [0.5, 0.6) is 0 Å². The molecule has 1 aromatic carbocycles. The highest BCUT2D eigenvalue weighted by Crippen LogP contribution is 2.27. The summed E-state index contributed by atoms with van der Waals surface area (Å²) in [5, 5.41) is 23.2. The van der Waals surface area contributed by atoms with Gasteiger partial charge in [-0.2, -0.15) is 17.7 Å².